The fourth-order valence-electron chi connectivity index (χ4n) is 3.66. The van der Waals surface area contributed by atoms with Crippen molar-refractivity contribution >= 4 is 11.6 Å². The van der Waals surface area contributed by atoms with Crippen LogP contribution in [0.25, 0.3) is 0 Å². The molecule has 106 valence electrons. The van der Waals surface area contributed by atoms with Crippen LogP contribution in [0.3, 0.4) is 0 Å². The van der Waals surface area contributed by atoms with Crippen molar-refractivity contribution in [3.8, 4) is 0 Å². The largest absolute Gasteiger partial charge is 0.313 e. The van der Waals surface area contributed by atoms with Gasteiger partial charge < -0.3 is 5.32 Å². The Balaban J connectivity index is 2.21. The molecule has 0 spiro atoms. The number of nitrogens with one attached hydrogen (secondary N) is 1. The quantitative estimate of drug-likeness (QED) is 0.839. The van der Waals surface area contributed by atoms with Crippen LogP contribution >= 0.6 is 11.6 Å². The van der Waals surface area contributed by atoms with E-state index in [1.165, 1.54) is 19.3 Å². The molecule has 2 rings (SSSR count). The Hall–Kier alpha value is -0.600. The average molecular weight is 284 g/mol. The first-order valence-electron chi connectivity index (χ1n) is 7.13. The van der Waals surface area contributed by atoms with Gasteiger partial charge in [0.25, 0.3) is 0 Å². The monoisotopic (exact) mass is 283 g/mol. The molecule has 1 fully saturated rings. The fraction of sp³-hybridized carbons (Fsp3) is 0.625. The number of halogens is 2. The number of rotatable bonds is 3. The van der Waals surface area contributed by atoms with Gasteiger partial charge >= 0.3 is 0 Å². The Morgan fingerprint density at radius 2 is 1.84 bits per heavy atom. The Labute approximate surface area is 120 Å². The molecule has 0 heterocycles. The summed E-state index contributed by atoms with van der Waals surface area (Å²) in [5.41, 5.74) is 1.01. The van der Waals surface area contributed by atoms with Gasteiger partial charge in [-0.1, -0.05) is 31.5 Å². The molecule has 0 bridgehead atoms. The second-order valence-electron chi connectivity index (χ2n) is 6.12. The van der Waals surface area contributed by atoms with Gasteiger partial charge in [-0.15, -0.1) is 0 Å². The van der Waals surface area contributed by atoms with Crippen molar-refractivity contribution in [3.63, 3.8) is 0 Å². The minimum Gasteiger partial charge on any atom is -0.313 e. The minimum atomic E-state index is -0.323. The van der Waals surface area contributed by atoms with Crippen LogP contribution in [-0.4, -0.2) is 7.05 Å². The first-order valence-corrected chi connectivity index (χ1v) is 7.51. The van der Waals surface area contributed by atoms with Crippen molar-refractivity contribution in [2.75, 3.05) is 7.05 Å². The molecular formula is C16H23ClFN. The van der Waals surface area contributed by atoms with Crippen molar-refractivity contribution in [2.24, 2.45) is 17.8 Å². The van der Waals surface area contributed by atoms with Gasteiger partial charge in [0.2, 0.25) is 0 Å². The van der Waals surface area contributed by atoms with Crippen LogP contribution in [0.1, 0.15) is 44.7 Å². The Kier molecular flexibility index (Phi) is 4.86. The molecule has 3 heteroatoms. The summed E-state index contributed by atoms with van der Waals surface area (Å²) in [6.07, 6.45) is 3.72. The molecule has 1 aliphatic rings. The summed E-state index contributed by atoms with van der Waals surface area (Å²) in [4.78, 5) is 0. The van der Waals surface area contributed by atoms with Crippen molar-refractivity contribution in [3.05, 3.63) is 34.6 Å². The molecule has 3 atom stereocenters. The molecule has 1 aromatic rings. The highest BCUT2D eigenvalue weighted by Gasteiger charge is 2.30. The highest BCUT2D eigenvalue weighted by molar-refractivity contribution is 6.30. The Morgan fingerprint density at radius 3 is 2.37 bits per heavy atom. The molecule has 0 saturated heterocycles. The second kappa shape index (κ2) is 6.23. The zero-order chi connectivity index (χ0) is 14.0. The van der Waals surface area contributed by atoms with Gasteiger partial charge in [0.15, 0.2) is 0 Å². The highest BCUT2D eigenvalue weighted by atomic mass is 35.5. The van der Waals surface area contributed by atoms with Gasteiger partial charge in [-0.3, -0.25) is 0 Å². The van der Waals surface area contributed by atoms with Gasteiger partial charge in [-0.2, -0.15) is 0 Å². The molecule has 19 heavy (non-hydrogen) atoms. The van der Waals surface area contributed by atoms with Crippen LogP contribution in [0.2, 0.25) is 5.02 Å². The minimum absolute atomic E-state index is 0.198. The van der Waals surface area contributed by atoms with E-state index in [9.17, 15) is 4.39 Å². The summed E-state index contributed by atoms with van der Waals surface area (Å²) in [5, 5.41) is 3.56. The van der Waals surface area contributed by atoms with E-state index in [0.29, 0.717) is 5.92 Å². The summed E-state index contributed by atoms with van der Waals surface area (Å²) < 4.78 is 13.6. The van der Waals surface area contributed by atoms with E-state index in [0.717, 1.165) is 17.4 Å². The first-order chi connectivity index (χ1) is 9.01. The van der Waals surface area contributed by atoms with Crippen molar-refractivity contribution < 1.29 is 4.39 Å². The first kappa shape index (κ1) is 14.8. The van der Waals surface area contributed by atoms with E-state index in [2.05, 4.69) is 19.2 Å². The number of hydrogen-bond donors (Lipinski definition) is 1. The zero-order valence-corrected chi connectivity index (χ0v) is 12.7. The zero-order valence-electron chi connectivity index (χ0n) is 11.9. The lowest BCUT2D eigenvalue weighted by molar-refractivity contribution is 0.180. The van der Waals surface area contributed by atoms with Crippen molar-refractivity contribution in [1.29, 1.82) is 0 Å². The molecule has 1 nitrogen and oxygen atoms in total. The summed E-state index contributed by atoms with van der Waals surface area (Å²) >= 11 is 5.77. The van der Waals surface area contributed by atoms with Crippen LogP contribution in [0.15, 0.2) is 18.2 Å². The van der Waals surface area contributed by atoms with Gasteiger partial charge in [0.05, 0.1) is 5.02 Å². The van der Waals surface area contributed by atoms with E-state index >= 15 is 0 Å². The predicted octanol–water partition coefficient (Wildman–Crippen LogP) is 4.81. The lowest BCUT2D eigenvalue weighted by Crippen LogP contribution is -2.31. The Morgan fingerprint density at radius 1 is 1.21 bits per heavy atom. The number of hydrogen-bond acceptors (Lipinski definition) is 1. The van der Waals surface area contributed by atoms with Gasteiger partial charge in [0, 0.05) is 6.04 Å². The van der Waals surface area contributed by atoms with E-state index < -0.39 is 0 Å². The predicted molar refractivity (Wildman–Crippen MR) is 78.9 cm³/mol. The van der Waals surface area contributed by atoms with Crippen LogP contribution in [0.5, 0.6) is 0 Å². The van der Waals surface area contributed by atoms with E-state index in [4.69, 9.17) is 11.6 Å². The SMILES string of the molecule is CNC(c1ccc(Cl)c(F)c1)C1CC(C)CC(C)C1. The maximum absolute atomic E-state index is 13.6. The van der Waals surface area contributed by atoms with Crippen LogP contribution in [0.4, 0.5) is 4.39 Å². The van der Waals surface area contributed by atoms with Crippen LogP contribution in [0, 0.1) is 23.6 Å². The third-order valence-corrected chi connectivity index (χ3v) is 4.61. The van der Waals surface area contributed by atoms with Gasteiger partial charge in [-0.25, -0.2) is 4.39 Å². The van der Waals surface area contributed by atoms with E-state index in [1.54, 1.807) is 12.1 Å². The third kappa shape index (κ3) is 3.49. The molecule has 1 aromatic carbocycles. The average Bonchev–Trinajstić information content (AvgIpc) is 2.33. The molecule has 0 radical (unpaired) electrons. The van der Waals surface area contributed by atoms with Gasteiger partial charge in [0.1, 0.15) is 5.82 Å². The summed E-state index contributed by atoms with van der Waals surface area (Å²) in [7, 11) is 1.96. The fourth-order valence-corrected chi connectivity index (χ4v) is 3.78. The van der Waals surface area contributed by atoms with Crippen molar-refractivity contribution in [1.82, 2.24) is 5.32 Å². The molecule has 0 aromatic heterocycles. The van der Waals surface area contributed by atoms with Gasteiger partial charge in [-0.05, 0) is 61.8 Å². The second-order valence-corrected chi connectivity index (χ2v) is 6.52. The Bertz CT molecular complexity index is 425. The van der Waals surface area contributed by atoms with E-state index in [-0.39, 0.29) is 16.9 Å². The van der Waals surface area contributed by atoms with Crippen LogP contribution < -0.4 is 5.32 Å². The summed E-state index contributed by atoms with van der Waals surface area (Å²) in [6, 6.07) is 5.40. The standard InChI is InChI=1S/C16H23ClFN/c1-10-6-11(2)8-13(7-10)16(19-3)12-4-5-14(17)15(18)9-12/h4-5,9-11,13,16,19H,6-8H2,1-3H3. The number of benzene rings is 1. The lowest BCUT2D eigenvalue weighted by Gasteiger charge is -2.36. The maximum Gasteiger partial charge on any atom is 0.142 e. The molecule has 1 N–H and O–H groups in total. The highest BCUT2D eigenvalue weighted by Crippen LogP contribution is 2.40. The molecular weight excluding hydrogens is 261 g/mol. The molecule has 3 unspecified atom stereocenters. The lowest BCUT2D eigenvalue weighted by atomic mass is 9.72. The summed E-state index contributed by atoms with van der Waals surface area (Å²) in [6.45, 7) is 4.63. The smallest absolute Gasteiger partial charge is 0.142 e. The molecule has 1 aliphatic carbocycles. The molecule has 0 amide bonds. The normalized spacial score (nSPS) is 29.2. The molecule has 1 saturated carbocycles. The molecule has 0 aliphatic heterocycles. The van der Waals surface area contributed by atoms with Crippen molar-refractivity contribution in [2.45, 2.75) is 39.2 Å². The maximum atomic E-state index is 13.6. The topological polar surface area (TPSA) is 12.0 Å². The van der Waals surface area contributed by atoms with E-state index in [1.807, 2.05) is 13.1 Å². The third-order valence-electron chi connectivity index (χ3n) is 4.30. The summed E-state index contributed by atoms with van der Waals surface area (Å²) in [5.74, 6) is 1.75. The van der Waals surface area contributed by atoms with Crippen LogP contribution in [-0.2, 0) is 0 Å².